The fourth-order valence-corrected chi connectivity index (χ4v) is 7.34. The Morgan fingerprint density at radius 2 is 0.900 bits per heavy atom. The molecule has 0 N–H and O–H groups in total. The van der Waals surface area contributed by atoms with Crippen LogP contribution in [0.4, 0.5) is 0 Å². The van der Waals surface area contributed by atoms with Gasteiger partial charge in [-0.05, 0) is 102 Å². The van der Waals surface area contributed by atoms with Gasteiger partial charge < -0.3 is 9.13 Å². The van der Waals surface area contributed by atoms with E-state index in [1.54, 1.807) is 0 Å². The number of nitriles is 3. The Balaban J connectivity index is 1.33. The lowest BCUT2D eigenvalue weighted by molar-refractivity contribution is 1.17. The van der Waals surface area contributed by atoms with Crippen LogP contribution < -0.4 is 0 Å². The quantitative estimate of drug-likeness (QED) is 0.193. The van der Waals surface area contributed by atoms with Crippen molar-refractivity contribution in [1.29, 1.82) is 15.8 Å². The Labute approximate surface area is 287 Å². The van der Waals surface area contributed by atoms with Gasteiger partial charge in [0.2, 0.25) is 0 Å². The lowest BCUT2D eigenvalue weighted by atomic mass is 9.94. The molecule has 0 atom stereocenters. The van der Waals surface area contributed by atoms with Gasteiger partial charge in [0.25, 0.3) is 0 Å². The predicted molar refractivity (Wildman–Crippen MR) is 200 cm³/mol. The van der Waals surface area contributed by atoms with Crippen LogP contribution >= 0.6 is 0 Å². The zero-order valence-corrected chi connectivity index (χ0v) is 26.7. The van der Waals surface area contributed by atoms with Crippen molar-refractivity contribution in [3.63, 3.8) is 0 Å². The largest absolute Gasteiger partial charge is 0.309 e. The van der Waals surface area contributed by atoms with E-state index in [1.165, 1.54) is 0 Å². The maximum absolute atomic E-state index is 10.5. The van der Waals surface area contributed by atoms with Gasteiger partial charge in [-0.1, -0.05) is 66.7 Å². The zero-order chi connectivity index (χ0) is 33.8. The number of benzene rings is 7. The van der Waals surface area contributed by atoms with Gasteiger partial charge in [0.1, 0.15) is 0 Å². The molecule has 230 valence electrons. The summed E-state index contributed by atoms with van der Waals surface area (Å²) in [5.74, 6) is 0. The second kappa shape index (κ2) is 11.4. The van der Waals surface area contributed by atoms with Crippen molar-refractivity contribution in [2.75, 3.05) is 0 Å². The number of para-hydroxylation sites is 2. The van der Waals surface area contributed by atoms with E-state index in [0.717, 1.165) is 77.2 Å². The molecule has 0 aliphatic rings. The molecule has 0 radical (unpaired) electrons. The highest BCUT2D eigenvalue weighted by Crippen LogP contribution is 2.39. The van der Waals surface area contributed by atoms with E-state index in [2.05, 4.69) is 88.0 Å². The smallest absolute Gasteiger partial charge is 0.0998 e. The molecule has 0 bridgehead atoms. The molecule has 0 spiro atoms. The summed E-state index contributed by atoms with van der Waals surface area (Å²) >= 11 is 0. The summed E-state index contributed by atoms with van der Waals surface area (Å²) in [4.78, 5) is 0. The van der Waals surface area contributed by atoms with Gasteiger partial charge in [0.05, 0.1) is 57.0 Å². The molecule has 50 heavy (non-hydrogen) atoms. The number of hydrogen-bond acceptors (Lipinski definition) is 3. The standard InChI is InChI=1S/C45H25N5/c46-26-29-14-18-44-40(20-29)37-10-4-6-12-42(37)49(44)35-17-16-32(28-48)39(25-35)34-22-33(31-8-2-1-3-9-31)23-36(24-34)50-43-13-7-5-11-38(43)41-21-30(27-47)15-19-45(41)50/h1-25H. The minimum absolute atomic E-state index is 0.568. The summed E-state index contributed by atoms with van der Waals surface area (Å²) in [6.45, 7) is 0. The molecule has 2 heterocycles. The van der Waals surface area contributed by atoms with E-state index >= 15 is 0 Å². The Hall–Kier alpha value is -7.39. The molecule has 0 amide bonds. The summed E-state index contributed by atoms with van der Waals surface area (Å²) < 4.78 is 4.45. The lowest BCUT2D eigenvalue weighted by Gasteiger charge is -2.16. The highest BCUT2D eigenvalue weighted by Gasteiger charge is 2.18. The van der Waals surface area contributed by atoms with Crippen LogP contribution in [-0.4, -0.2) is 9.13 Å². The monoisotopic (exact) mass is 635 g/mol. The molecule has 2 aromatic heterocycles. The van der Waals surface area contributed by atoms with Crippen LogP contribution in [0.2, 0.25) is 0 Å². The first-order chi connectivity index (χ1) is 24.6. The van der Waals surface area contributed by atoms with Crippen molar-refractivity contribution >= 4 is 43.6 Å². The number of fused-ring (bicyclic) bond motifs is 6. The summed E-state index contributed by atoms with van der Waals surface area (Å²) in [6.07, 6.45) is 0. The topological polar surface area (TPSA) is 81.2 Å². The molecule has 9 aromatic rings. The lowest BCUT2D eigenvalue weighted by Crippen LogP contribution is -1.98. The predicted octanol–water partition coefficient (Wildman–Crippen LogP) is 10.8. The minimum atomic E-state index is 0.568. The summed E-state index contributed by atoms with van der Waals surface area (Å²) in [7, 11) is 0. The molecule has 9 rings (SSSR count). The molecule has 5 heteroatoms. The van der Waals surface area contributed by atoms with E-state index in [9.17, 15) is 15.8 Å². The van der Waals surface area contributed by atoms with E-state index < -0.39 is 0 Å². The highest BCUT2D eigenvalue weighted by molar-refractivity contribution is 6.11. The first kappa shape index (κ1) is 28.8. The molecule has 7 aromatic carbocycles. The summed E-state index contributed by atoms with van der Waals surface area (Å²) in [6, 6.07) is 57.9. The summed E-state index contributed by atoms with van der Waals surface area (Å²) in [5.41, 5.74) is 11.5. The van der Waals surface area contributed by atoms with E-state index in [1.807, 2.05) is 91.0 Å². The van der Waals surface area contributed by atoms with Crippen molar-refractivity contribution in [2.45, 2.75) is 0 Å². The van der Waals surface area contributed by atoms with E-state index in [0.29, 0.717) is 16.7 Å². The Bertz CT molecular complexity index is 2960. The van der Waals surface area contributed by atoms with Crippen LogP contribution in [0, 0.1) is 34.0 Å². The third-order valence-corrected chi connectivity index (χ3v) is 9.58. The molecule has 0 saturated carbocycles. The Morgan fingerprint density at radius 3 is 1.50 bits per heavy atom. The first-order valence-corrected chi connectivity index (χ1v) is 16.3. The SMILES string of the molecule is N#Cc1ccc2c(c1)c1ccccc1n2-c1cc(-c2ccccc2)cc(-c2cc(-n3c4ccccc4c4cc(C#N)ccc43)ccc2C#N)c1. The average molecular weight is 636 g/mol. The van der Waals surface area contributed by atoms with Crippen molar-refractivity contribution < 1.29 is 0 Å². The van der Waals surface area contributed by atoms with Crippen LogP contribution in [0.15, 0.2) is 152 Å². The van der Waals surface area contributed by atoms with Gasteiger partial charge in [-0.2, -0.15) is 15.8 Å². The molecule has 0 aliphatic heterocycles. The molecule has 0 unspecified atom stereocenters. The first-order valence-electron chi connectivity index (χ1n) is 16.3. The van der Waals surface area contributed by atoms with Gasteiger partial charge in [0.15, 0.2) is 0 Å². The number of nitrogens with zero attached hydrogens (tertiary/aromatic N) is 5. The van der Waals surface area contributed by atoms with E-state index in [-0.39, 0.29) is 0 Å². The van der Waals surface area contributed by atoms with Crippen LogP contribution in [0.25, 0.3) is 77.2 Å². The molecule has 0 aliphatic carbocycles. The Morgan fingerprint density at radius 1 is 0.360 bits per heavy atom. The maximum Gasteiger partial charge on any atom is 0.0998 e. The minimum Gasteiger partial charge on any atom is -0.309 e. The van der Waals surface area contributed by atoms with Gasteiger partial charge in [-0.25, -0.2) is 0 Å². The third kappa shape index (κ3) is 4.45. The van der Waals surface area contributed by atoms with Crippen LogP contribution in [0.3, 0.4) is 0 Å². The van der Waals surface area contributed by atoms with E-state index in [4.69, 9.17) is 0 Å². The highest BCUT2D eigenvalue weighted by atomic mass is 15.0. The normalized spacial score (nSPS) is 11.1. The van der Waals surface area contributed by atoms with Crippen molar-refractivity contribution in [3.05, 3.63) is 168 Å². The second-order valence-corrected chi connectivity index (χ2v) is 12.4. The van der Waals surface area contributed by atoms with Crippen LogP contribution in [0.1, 0.15) is 16.7 Å². The van der Waals surface area contributed by atoms with Gasteiger partial charge in [-0.3, -0.25) is 0 Å². The molecule has 0 fully saturated rings. The molecular formula is C45H25N5. The van der Waals surface area contributed by atoms with Gasteiger partial charge >= 0.3 is 0 Å². The van der Waals surface area contributed by atoms with Crippen molar-refractivity contribution in [3.8, 4) is 51.8 Å². The third-order valence-electron chi connectivity index (χ3n) is 9.58. The van der Waals surface area contributed by atoms with Crippen LogP contribution in [-0.2, 0) is 0 Å². The second-order valence-electron chi connectivity index (χ2n) is 12.4. The number of aromatic nitrogens is 2. The van der Waals surface area contributed by atoms with Gasteiger partial charge in [-0.15, -0.1) is 0 Å². The molecule has 5 nitrogen and oxygen atoms in total. The van der Waals surface area contributed by atoms with Crippen molar-refractivity contribution in [1.82, 2.24) is 9.13 Å². The van der Waals surface area contributed by atoms with Crippen molar-refractivity contribution in [2.24, 2.45) is 0 Å². The molecular weight excluding hydrogens is 611 g/mol. The molecule has 0 saturated heterocycles. The zero-order valence-electron chi connectivity index (χ0n) is 26.7. The number of rotatable bonds is 4. The Kier molecular flexibility index (Phi) is 6.56. The fraction of sp³-hybridized carbons (Fsp3) is 0. The summed E-state index contributed by atoms with van der Waals surface area (Å²) in [5, 5.41) is 33.9. The van der Waals surface area contributed by atoms with Gasteiger partial charge in [0, 0.05) is 38.5 Å². The number of hydrogen-bond donors (Lipinski definition) is 0. The fourth-order valence-electron chi connectivity index (χ4n) is 7.34. The average Bonchev–Trinajstić information content (AvgIpc) is 3.70. The van der Waals surface area contributed by atoms with Crippen LogP contribution in [0.5, 0.6) is 0 Å². The maximum atomic E-state index is 10.5.